The first-order valence-corrected chi connectivity index (χ1v) is 8.98. The van der Waals surface area contributed by atoms with E-state index in [1.54, 1.807) is 0 Å². The van der Waals surface area contributed by atoms with Gasteiger partial charge in [0.25, 0.3) is 0 Å². The van der Waals surface area contributed by atoms with Crippen LogP contribution in [0.1, 0.15) is 60.3 Å². The lowest BCUT2D eigenvalue weighted by Crippen LogP contribution is -2.32. The molecule has 0 bridgehead atoms. The predicted octanol–water partition coefficient (Wildman–Crippen LogP) is 3.01. The first kappa shape index (κ1) is 17.9. The highest BCUT2D eigenvalue weighted by molar-refractivity contribution is 7.91. The Labute approximate surface area is 114 Å². The smallest absolute Gasteiger partial charge is 0.150 e. The zero-order valence-corrected chi connectivity index (χ0v) is 13.6. The van der Waals surface area contributed by atoms with Crippen molar-refractivity contribution in [2.75, 3.05) is 18.1 Å². The maximum absolute atomic E-state index is 11.7. The lowest BCUT2D eigenvalue weighted by Gasteiger charge is -2.28. The van der Waals surface area contributed by atoms with Crippen molar-refractivity contribution < 1.29 is 8.42 Å². The van der Waals surface area contributed by atoms with Crippen molar-refractivity contribution in [3.8, 4) is 0 Å². The summed E-state index contributed by atoms with van der Waals surface area (Å²) in [6.45, 7) is 11.6. The molecule has 1 N–H and O–H groups in total. The molecule has 0 saturated heterocycles. The van der Waals surface area contributed by atoms with E-state index in [2.05, 4.69) is 33.0 Å². The van der Waals surface area contributed by atoms with E-state index in [4.69, 9.17) is 0 Å². The lowest BCUT2D eigenvalue weighted by atomic mass is 9.83. The van der Waals surface area contributed by atoms with Gasteiger partial charge in [0, 0.05) is 11.8 Å². The molecule has 4 heteroatoms. The molecule has 0 aliphatic rings. The van der Waals surface area contributed by atoms with E-state index >= 15 is 0 Å². The van der Waals surface area contributed by atoms with Gasteiger partial charge in [-0.25, -0.2) is 8.42 Å². The average molecular weight is 277 g/mol. The Morgan fingerprint density at radius 1 is 1.11 bits per heavy atom. The van der Waals surface area contributed by atoms with Crippen molar-refractivity contribution in [3.05, 3.63) is 0 Å². The van der Waals surface area contributed by atoms with Crippen molar-refractivity contribution in [2.45, 2.75) is 66.3 Å². The fraction of sp³-hybridized carbons (Fsp3) is 1.00. The zero-order chi connectivity index (χ0) is 14.2. The van der Waals surface area contributed by atoms with Gasteiger partial charge in [-0.1, -0.05) is 27.7 Å². The zero-order valence-electron chi connectivity index (χ0n) is 12.8. The lowest BCUT2D eigenvalue weighted by molar-refractivity contribution is 0.280. The van der Waals surface area contributed by atoms with Gasteiger partial charge in [-0.2, -0.15) is 0 Å². The van der Waals surface area contributed by atoms with Crippen molar-refractivity contribution >= 4 is 9.84 Å². The van der Waals surface area contributed by atoms with E-state index in [9.17, 15) is 8.42 Å². The number of nitrogens with one attached hydrogen (secondary N) is 1. The van der Waals surface area contributed by atoms with Crippen LogP contribution in [-0.2, 0) is 9.84 Å². The monoisotopic (exact) mass is 277 g/mol. The third-order valence-electron chi connectivity index (χ3n) is 3.21. The standard InChI is InChI=1S/C14H31NO2S/c1-6-9-15-13(3)12-14(4,5)8-11-18(16,17)10-7-2/h13,15H,6-12H2,1-5H3. The molecule has 1 unspecified atom stereocenters. The van der Waals surface area contributed by atoms with Crippen LogP contribution in [0.4, 0.5) is 0 Å². The van der Waals surface area contributed by atoms with Crippen molar-refractivity contribution in [3.63, 3.8) is 0 Å². The van der Waals surface area contributed by atoms with Gasteiger partial charge < -0.3 is 5.32 Å². The van der Waals surface area contributed by atoms with E-state index in [1.807, 2.05) is 6.92 Å². The normalized spacial score (nSPS) is 14.7. The van der Waals surface area contributed by atoms with Gasteiger partial charge in [0.15, 0.2) is 0 Å². The Morgan fingerprint density at radius 3 is 2.22 bits per heavy atom. The van der Waals surface area contributed by atoms with Gasteiger partial charge in [0.1, 0.15) is 9.84 Å². The predicted molar refractivity (Wildman–Crippen MR) is 79.7 cm³/mol. The Hall–Kier alpha value is -0.0900. The van der Waals surface area contributed by atoms with Crippen LogP contribution in [0.2, 0.25) is 0 Å². The molecule has 0 spiro atoms. The highest BCUT2D eigenvalue weighted by atomic mass is 32.2. The summed E-state index contributed by atoms with van der Waals surface area (Å²) in [7, 11) is -2.84. The Kier molecular flexibility index (Phi) is 8.11. The van der Waals surface area contributed by atoms with Crippen LogP contribution in [0.15, 0.2) is 0 Å². The number of hydrogen-bond donors (Lipinski definition) is 1. The molecular formula is C14H31NO2S. The summed E-state index contributed by atoms with van der Waals surface area (Å²) in [6, 6.07) is 0.453. The van der Waals surface area contributed by atoms with Gasteiger partial charge in [-0.3, -0.25) is 0 Å². The fourth-order valence-electron chi connectivity index (χ4n) is 2.24. The first-order chi connectivity index (χ1) is 8.22. The Bertz CT molecular complexity index is 310. The summed E-state index contributed by atoms with van der Waals surface area (Å²) in [4.78, 5) is 0. The van der Waals surface area contributed by atoms with E-state index < -0.39 is 9.84 Å². The van der Waals surface area contributed by atoms with Crippen molar-refractivity contribution in [1.29, 1.82) is 0 Å². The molecule has 0 saturated carbocycles. The molecule has 0 amide bonds. The second-order valence-corrected chi connectivity index (χ2v) is 8.43. The summed E-state index contributed by atoms with van der Waals surface area (Å²) in [5.74, 6) is 0.654. The number of rotatable bonds is 10. The molecule has 3 nitrogen and oxygen atoms in total. The molecule has 110 valence electrons. The molecule has 0 aromatic carbocycles. The molecule has 0 radical (unpaired) electrons. The van der Waals surface area contributed by atoms with Gasteiger partial charge in [-0.15, -0.1) is 0 Å². The molecular weight excluding hydrogens is 246 g/mol. The van der Waals surface area contributed by atoms with Crippen molar-refractivity contribution in [2.24, 2.45) is 5.41 Å². The third kappa shape index (κ3) is 8.92. The van der Waals surface area contributed by atoms with Gasteiger partial charge in [-0.05, 0) is 44.6 Å². The van der Waals surface area contributed by atoms with Crippen LogP contribution in [0.25, 0.3) is 0 Å². The summed E-state index contributed by atoms with van der Waals surface area (Å²) >= 11 is 0. The molecule has 0 aromatic heterocycles. The minimum absolute atomic E-state index is 0.0843. The van der Waals surface area contributed by atoms with E-state index in [-0.39, 0.29) is 5.41 Å². The van der Waals surface area contributed by atoms with E-state index in [0.29, 0.717) is 17.5 Å². The molecule has 0 fully saturated rings. The Morgan fingerprint density at radius 2 is 1.72 bits per heavy atom. The summed E-state index contributed by atoms with van der Waals surface area (Å²) < 4.78 is 23.4. The van der Waals surface area contributed by atoms with Crippen LogP contribution >= 0.6 is 0 Å². The quantitative estimate of drug-likeness (QED) is 0.667. The summed E-state index contributed by atoms with van der Waals surface area (Å²) in [5.41, 5.74) is 0.0843. The minimum Gasteiger partial charge on any atom is -0.314 e. The minimum atomic E-state index is -2.84. The SMILES string of the molecule is CCCNC(C)CC(C)(C)CCS(=O)(=O)CCC. The summed E-state index contributed by atoms with van der Waals surface area (Å²) in [5, 5.41) is 3.46. The van der Waals surface area contributed by atoms with Gasteiger partial charge >= 0.3 is 0 Å². The van der Waals surface area contributed by atoms with E-state index in [0.717, 1.165) is 32.2 Å². The topological polar surface area (TPSA) is 46.2 Å². The highest BCUT2D eigenvalue weighted by Crippen LogP contribution is 2.27. The Balaban J connectivity index is 4.14. The van der Waals surface area contributed by atoms with Gasteiger partial charge in [0.2, 0.25) is 0 Å². The maximum Gasteiger partial charge on any atom is 0.150 e. The summed E-state index contributed by atoms with van der Waals surface area (Å²) in [6.07, 6.45) is 3.63. The fourth-order valence-corrected chi connectivity index (χ4v) is 3.93. The van der Waals surface area contributed by atoms with Crippen molar-refractivity contribution in [1.82, 2.24) is 5.32 Å². The molecule has 0 aliphatic heterocycles. The number of sulfone groups is 1. The molecule has 0 heterocycles. The van der Waals surface area contributed by atoms with E-state index in [1.165, 1.54) is 0 Å². The average Bonchev–Trinajstić information content (AvgIpc) is 2.23. The van der Waals surface area contributed by atoms with Crippen LogP contribution in [-0.4, -0.2) is 32.5 Å². The second kappa shape index (κ2) is 8.16. The second-order valence-electron chi connectivity index (χ2n) is 6.13. The van der Waals surface area contributed by atoms with Crippen LogP contribution in [0, 0.1) is 5.41 Å². The molecule has 0 aliphatic carbocycles. The maximum atomic E-state index is 11.7. The number of hydrogen-bond acceptors (Lipinski definition) is 3. The third-order valence-corrected chi connectivity index (χ3v) is 5.06. The molecule has 0 rings (SSSR count). The highest BCUT2D eigenvalue weighted by Gasteiger charge is 2.23. The van der Waals surface area contributed by atoms with Gasteiger partial charge in [0.05, 0.1) is 5.75 Å². The first-order valence-electron chi connectivity index (χ1n) is 7.16. The molecule has 18 heavy (non-hydrogen) atoms. The largest absolute Gasteiger partial charge is 0.314 e. The van der Waals surface area contributed by atoms with Crippen LogP contribution in [0.5, 0.6) is 0 Å². The van der Waals surface area contributed by atoms with Crippen LogP contribution < -0.4 is 5.32 Å². The molecule has 1 atom stereocenters. The van der Waals surface area contributed by atoms with Crippen LogP contribution in [0.3, 0.4) is 0 Å². The molecule has 0 aromatic rings.